The second-order valence-corrected chi connectivity index (χ2v) is 11.9. The number of aliphatic hydroxyl groups is 1. The predicted octanol–water partition coefficient (Wildman–Crippen LogP) is 4.87. The Morgan fingerprint density at radius 2 is 1.91 bits per heavy atom. The van der Waals surface area contributed by atoms with E-state index in [9.17, 15) is 32.3 Å². The van der Waals surface area contributed by atoms with Crippen molar-refractivity contribution in [2.75, 3.05) is 13.2 Å². The lowest BCUT2D eigenvalue weighted by Gasteiger charge is -2.31. The van der Waals surface area contributed by atoms with Crippen molar-refractivity contribution in [2.45, 2.75) is 43.1 Å². The molecule has 9 nitrogen and oxygen atoms in total. The Bertz CT molecular complexity index is 1780. The molecule has 1 fully saturated rings. The van der Waals surface area contributed by atoms with Crippen LogP contribution in [0.5, 0.6) is 11.5 Å². The fraction of sp³-hybridized carbons (Fsp3) is 0.290. The largest absolute Gasteiger partial charge is 0.490 e. The number of benzene rings is 2. The average Bonchev–Trinajstić information content (AvgIpc) is 3.51. The molecule has 1 aliphatic heterocycles. The van der Waals surface area contributed by atoms with Gasteiger partial charge in [0.2, 0.25) is 11.5 Å². The molecule has 0 saturated heterocycles. The molecule has 1 saturated carbocycles. The van der Waals surface area contributed by atoms with Gasteiger partial charge in [-0.25, -0.2) is 14.4 Å². The van der Waals surface area contributed by atoms with Crippen molar-refractivity contribution < 1.29 is 41.7 Å². The van der Waals surface area contributed by atoms with E-state index >= 15 is 0 Å². The molecule has 0 radical (unpaired) electrons. The van der Waals surface area contributed by atoms with Crippen LogP contribution in [0, 0.1) is 5.82 Å². The normalized spacial score (nSPS) is 18.9. The number of nitrogens with zero attached hydrogens (tertiary/aromatic N) is 2. The lowest BCUT2D eigenvalue weighted by molar-refractivity contribution is -0.265. The number of thiazole rings is 1. The number of rotatable bonds is 9. The molecule has 6 rings (SSSR count). The number of primary amides is 1. The van der Waals surface area contributed by atoms with Gasteiger partial charge in [0, 0.05) is 27.6 Å². The quantitative estimate of drug-likeness (QED) is 0.222. The Morgan fingerprint density at radius 3 is 2.53 bits per heavy atom. The number of carbonyl (C=O) groups excluding carboxylic acids is 2. The summed E-state index contributed by atoms with van der Waals surface area (Å²) in [6.45, 7) is -0.227. The van der Waals surface area contributed by atoms with E-state index in [-0.39, 0.29) is 40.8 Å². The molecule has 2 aromatic heterocycles. The van der Waals surface area contributed by atoms with Crippen LogP contribution in [0.3, 0.4) is 0 Å². The van der Waals surface area contributed by atoms with Gasteiger partial charge in [-0.1, -0.05) is 0 Å². The van der Waals surface area contributed by atoms with Gasteiger partial charge in [0.15, 0.2) is 0 Å². The zero-order chi connectivity index (χ0) is 32.1. The zero-order valence-electron chi connectivity index (χ0n) is 23.7. The molecule has 4 aromatic rings. The molecule has 2 aromatic carbocycles. The summed E-state index contributed by atoms with van der Waals surface area (Å²) in [5.41, 5.74) is 2.27. The number of aromatic nitrogens is 2. The van der Waals surface area contributed by atoms with E-state index in [1.54, 1.807) is 17.0 Å². The molecule has 2 amide bonds. The number of nitrogens with two attached hydrogens (primary N) is 1. The highest BCUT2D eigenvalue weighted by Crippen LogP contribution is 2.47. The van der Waals surface area contributed by atoms with Gasteiger partial charge in [0.05, 0.1) is 29.5 Å². The van der Waals surface area contributed by atoms with Gasteiger partial charge in [-0.15, -0.1) is 11.3 Å². The maximum atomic E-state index is 14.7. The summed E-state index contributed by atoms with van der Waals surface area (Å²) in [6, 6.07) is 10.1. The van der Waals surface area contributed by atoms with Crippen molar-refractivity contribution in [3.63, 3.8) is 0 Å². The van der Waals surface area contributed by atoms with E-state index < -0.39 is 47.1 Å². The minimum atomic E-state index is -5.35. The summed E-state index contributed by atoms with van der Waals surface area (Å²) >= 11 is 1.37. The summed E-state index contributed by atoms with van der Waals surface area (Å²) in [6.07, 6.45) is -3.72. The van der Waals surface area contributed by atoms with E-state index in [1.165, 1.54) is 42.5 Å². The first-order valence-corrected chi connectivity index (χ1v) is 14.8. The number of pyridine rings is 1. The maximum absolute atomic E-state index is 14.7. The Kier molecular flexibility index (Phi) is 7.52. The Balaban J connectivity index is 1.37. The standard InChI is InChI=1S/C31H26F4N4O5S/c1-29(28(36)41)14-43-26-21(29)11-24(39-25(26)16-2-5-18(32)6-3-16)30(42,31(33,34)35)13-37-27(40)17-4-9-20(22-12-45-15-38-22)23(10-17)44-19-7-8-19/h2-6,9-12,15,19,42H,7-8,13-14H2,1H3,(H2,36,41)(H,37,40)/t29-,30?/m0/s1. The van der Waals surface area contributed by atoms with Crippen LogP contribution in [0.15, 0.2) is 59.4 Å². The van der Waals surface area contributed by atoms with E-state index in [4.69, 9.17) is 15.2 Å². The number of nitrogens with one attached hydrogen (secondary N) is 1. The van der Waals surface area contributed by atoms with Crippen LogP contribution in [0.25, 0.3) is 22.5 Å². The van der Waals surface area contributed by atoms with Crippen molar-refractivity contribution in [3.8, 4) is 34.0 Å². The Morgan fingerprint density at radius 1 is 1.18 bits per heavy atom. The number of halogens is 4. The first-order valence-electron chi connectivity index (χ1n) is 13.8. The molecule has 4 N–H and O–H groups in total. The topological polar surface area (TPSA) is 137 Å². The van der Waals surface area contributed by atoms with Crippen LogP contribution in [0.2, 0.25) is 0 Å². The highest BCUT2D eigenvalue weighted by molar-refractivity contribution is 7.07. The third-order valence-electron chi connectivity index (χ3n) is 7.90. The summed E-state index contributed by atoms with van der Waals surface area (Å²) in [5.74, 6) is -2.05. The third kappa shape index (κ3) is 5.59. The average molecular weight is 643 g/mol. The molecule has 1 aliphatic carbocycles. The molecular formula is C31H26F4N4O5S. The second kappa shape index (κ2) is 11.1. The zero-order valence-corrected chi connectivity index (χ0v) is 24.5. The maximum Gasteiger partial charge on any atom is 0.424 e. The first kappa shape index (κ1) is 30.5. The van der Waals surface area contributed by atoms with Crippen LogP contribution in [0.4, 0.5) is 17.6 Å². The third-order valence-corrected chi connectivity index (χ3v) is 8.49. The van der Waals surface area contributed by atoms with Crippen molar-refractivity contribution >= 4 is 23.2 Å². The lowest BCUT2D eigenvalue weighted by Crippen LogP contribution is -2.51. The van der Waals surface area contributed by atoms with Gasteiger partial charge >= 0.3 is 6.18 Å². The Labute approximate surface area is 258 Å². The van der Waals surface area contributed by atoms with Crippen molar-refractivity contribution in [3.05, 3.63) is 82.1 Å². The summed E-state index contributed by atoms with van der Waals surface area (Å²) in [5, 5.41) is 15.3. The van der Waals surface area contributed by atoms with Gasteiger partial charge in [0.25, 0.3) is 5.91 Å². The highest BCUT2D eigenvalue weighted by Gasteiger charge is 2.57. The fourth-order valence-electron chi connectivity index (χ4n) is 4.93. The van der Waals surface area contributed by atoms with Crippen LogP contribution < -0.4 is 20.5 Å². The van der Waals surface area contributed by atoms with E-state index in [0.717, 1.165) is 31.0 Å². The minimum absolute atomic E-state index is 0.00206. The van der Waals surface area contributed by atoms with Gasteiger partial charge in [-0.2, -0.15) is 13.2 Å². The molecule has 234 valence electrons. The second-order valence-electron chi connectivity index (χ2n) is 11.2. The number of hydrogen-bond acceptors (Lipinski definition) is 8. The fourth-order valence-corrected chi connectivity index (χ4v) is 5.48. The molecule has 0 spiro atoms. The monoisotopic (exact) mass is 642 g/mol. The van der Waals surface area contributed by atoms with Gasteiger partial charge < -0.3 is 25.6 Å². The molecule has 3 heterocycles. The highest BCUT2D eigenvalue weighted by atomic mass is 32.1. The molecule has 2 atom stereocenters. The van der Waals surface area contributed by atoms with Crippen molar-refractivity contribution in [1.82, 2.24) is 15.3 Å². The van der Waals surface area contributed by atoms with Crippen LogP contribution in [-0.4, -0.2) is 52.3 Å². The smallest absolute Gasteiger partial charge is 0.424 e. The number of alkyl halides is 3. The molecule has 1 unspecified atom stereocenters. The summed E-state index contributed by atoms with van der Waals surface area (Å²) < 4.78 is 69.5. The Hall–Kier alpha value is -4.56. The van der Waals surface area contributed by atoms with E-state index in [1.807, 2.05) is 0 Å². The van der Waals surface area contributed by atoms with Gasteiger partial charge in [-0.05, 0) is 68.3 Å². The molecule has 14 heteroatoms. The number of fused-ring (bicyclic) bond motifs is 1. The minimum Gasteiger partial charge on any atom is -0.490 e. The van der Waals surface area contributed by atoms with Gasteiger partial charge in [-0.3, -0.25) is 9.59 Å². The van der Waals surface area contributed by atoms with Crippen LogP contribution in [-0.2, 0) is 15.8 Å². The summed E-state index contributed by atoms with van der Waals surface area (Å²) in [7, 11) is 0. The van der Waals surface area contributed by atoms with E-state index in [2.05, 4.69) is 15.3 Å². The summed E-state index contributed by atoms with van der Waals surface area (Å²) in [4.78, 5) is 34.0. The van der Waals surface area contributed by atoms with Crippen LogP contribution >= 0.6 is 11.3 Å². The van der Waals surface area contributed by atoms with Crippen molar-refractivity contribution in [2.24, 2.45) is 5.73 Å². The molecular weight excluding hydrogens is 616 g/mol. The van der Waals surface area contributed by atoms with Crippen LogP contribution in [0.1, 0.15) is 41.4 Å². The number of ether oxygens (including phenoxy) is 2. The number of carbonyl (C=O) groups is 2. The van der Waals surface area contributed by atoms with Gasteiger partial charge in [0.1, 0.15) is 35.0 Å². The molecule has 45 heavy (non-hydrogen) atoms. The van der Waals surface area contributed by atoms with Crippen molar-refractivity contribution in [1.29, 1.82) is 0 Å². The first-order chi connectivity index (χ1) is 21.3. The lowest BCUT2D eigenvalue weighted by atomic mass is 9.81. The number of amides is 2. The molecule has 2 aliphatic rings. The predicted molar refractivity (Wildman–Crippen MR) is 155 cm³/mol. The molecule has 0 bridgehead atoms. The van der Waals surface area contributed by atoms with E-state index in [0.29, 0.717) is 17.0 Å². The number of hydrogen-bond donors (Lipinski definition) is 3. The SMILES string of the molecule is C[C@]1(C(N)=O)COc2c1cc(C(O)(CNC(=O)c1ccc(-c3cscn3)c(OC3CC3)c1)C(F)(F)F)nc2-c1ccc(F)cc1.